The molecule has 6 nitrogen and oxygen atoms in total. The van der Waals surface area contributed by atoms with Crippen molar-refractivity contribution >= 4 is 11.8 Å². The average molecular weight is 435 g/mol. The van der Waals surface area contributed by atoms with E-state index in [0.29, 0.717) is 6.54 Å². The lowest BCUT2D eigenvalue weighted by Gasteiger charge is -2.46. The van der Waals surface area contributed by atoms with Gasteiger partial charge in [0, 0.05) is 31.1 Å². The highest BCUT2D eigenvalue weighted by Gasteiger charge is 2.56. The summed E-state index contributed by atoms with van der Waals surface area (Å²) in [5, 5.41) is 6.36. The first-order chi connectivity index (χ1) is 15.4. The Morgan fingerprint density at radius 2 is 1.84 bits per heavy atom. The van der Waals surface area contributed by atoms with Crippen molar-refractivity contribution in [3.05, 3.63) is 71.3 Å². The first-order valence-corrected chi connectivity index (χ1v) is 11.6. The zero-order valence-corrected chi connectivity index (χ0v) is 19.0. The van der Waals surface area contributed by atoms with Crippen LogP contribution in [0.2, 0.25) is 0 Å². The van der Waals surface area contributed by atoms with Gasteiger partial charge >= 0.3 is 0 Å². The molecule has 1 aliphatic carbocycles. The van der Waals surface area contributed by atoms with Gasteiger partial charge in [-0.05, 0) is 43.4 Å². The van der Waals surface area contributed by atoms with Crippen molar-refractivity contribution in [1.29, 1.82) is 0 Å². The second-order valence-corrected chi connectivity index (χ2v) is 9.51. The van der Waals surface area contributed by atoms with Gasteiger partial charge in [0.15, 0.2) is 0 Å². The molecule has 1 aliphatic heterocycles. The third-order valence-corrected chi connectivity index (χ3v) is 6.94. The van der Waals surface area contributed by atoms with Gasteiger partial charge in [-0.1, -0.05) is 54.6 Å². The maximum absolute atomic E-state index is 13.5. The standard InChI is InChI=1S/C26H34N4O2/c1-18(2)28-25(32)22-16-30(15-19-8-4-3-5-9-19)17-26(22)13-12-20-10-6-7-11-21(20)24(26)29-23(31)14-27/h3-11,18,22,24H,12-17,27H2,1-2H3,(H,28,32)(H,29,31)/t22-,24+,26+/m1/s1. The van der Waals surface area contributed by atoms with Crippen molar-refractivity contribution in [2.45, 2.75) is 45.3 Å². The number of nitrogens with one attached hydrogen (secondary N) is 2. The Kier molecular flexibility index (Phi) is 6.63. The molecular weight excluding hydrogens is 400 g/mol. The Balaban J connectivity index is 1.73. The molecule has 2 aliphatic rings. The largest absolute Gasteiger partial charge is 0.354 e. The van der Waals surface area contributed by atoms with E-state index in [9.17, 15) is 9.59 Å². The molecule has 1 spiro atoms. The van der Waals surface area contributed by atoms with Gasteiger partial charge in [0.05, 0.1) is 18.5 Å². The molecule has 1 saturated heterocycles. The van der Waals surface area contributed by atoms with E-state index in [1.165, 1.54) is 11.1 Å². The van der Waals surface area contributed by atoms with Crippen LogP contribution in [0.15, 0.2) is 54.6 Å². The maximum Gasteiger partial charge on any atom is 0.234 e. The van der Waals surface area contributed by atoms with E-state index in [1.807, 2.05) is 44.2 Å². The summed E-state index contributed by atoms with van der Waals surface area (Å²) in [5.41, 5.74) is 8.89. The molecule has 32 heavy (non-hydrogen) atoms. The molecule has 0 radical (unpaired) electrons. The van der Waals surface area contributed by atoms with E-state index >= 15 is 0 Å². The summed E-state index contributed by atoms with van der Waals surface area (Å²) in [5.74, 6) is -0.331. The van der Waals surface area contributed by atoms with E-state index < -0.39 is 0 Å². The van der Waals surface area contributed by atoms with Crippen LogP contribution in [0.1, 0.15) is 43.0 Å². The average Bonchev–Trinajstić information content (AvgIpc) is 3.14. The van der Waals surface area contributed by atoms with Gasteiger partial charge < -0.3 is 16.4 Å². The molecule has 0 saturated carbocycles. The van der Waals surface area contributed by atoms with Crippen LogP contribution in [0.4, 0.5) is 0 Å². The number of likely N-dealkylation sites (tertiary alicyclic amines) is 1. The van der Waals surface area contributed by atoms with Crippen molar-refractivity contribution in [3.63, 3.8) is 0 Å². The lowest BCUT2D eigenvalue weighted by Crippen LogP contribution is -2.53. The molecular formula is C26H34N4O2. The van der Waals surface area contributed by atoms with Crippen molar-refractivity contribution in [2.75, 3.05) is 19.6 Å². The van der Waals surface area contributed by atoms with Gasteiger partial charge in [-0.25, -0.2) is 0 Å². The molecule has 1 heterocycles. The zero-order valence-electron chi connectivity index (χ0n) is 19.0. The quantitative estimate of drug-likeness (QED) is 0.652. The van der Waals surface area contributed by atoms with Gasteiger partial charge in [-0.3, -0.25) is 14.5 Å². The van der Waals surface area contributed by atoms with E-state index in [0.717, 1.165) is 31.5 Å². The minimum atomic E-state index is -0.382. The minimum Gasteiger partial charge on any atom is -0.354 e. The number of nitrogens with two attached hydrogens (primary N) is 1. The number of aryl methyl sites for hydroxylation is 1. The van der Waals surface area contributed by atoms with Gasteiger partial charge in [0.1, 0.15) is 0 Å². The summed E-state index contributed by atoms with van der Waals surface area (Å²) in [7, 11) is 0. The lowest BCUT2D eigenvalue weighted by molar-refractivity contribution is -0.131. The molecule has 6 heteroatoms. The molecule has 0 bridgehead atoms. The van der Waals surface area contributed by atoms with Gasteiger partial charge in [-0.2, -0.15) is 0 Å². The fourth-order valence-corrected chi connectivity index (χ4v) is 5.57. The highest BCUT2D eigenvalue weighted by molar-refractivity contribution is 5.82. The Labute approximate surface area is 190 Å². The van der Waals surface area contributed by atoms with E-state index in [2.05, 4.69) is 39.8 Å². The monoisotopic (exact) mass is 434 g/mol. The van der Waals surface area contributed by atoms with Crippen LogP contribution in [-0.2, 0) is 22.6 Å². The fraction of sp³-hybridized carbons (Fsp3) is 0.462. The van der Waals surface area contributed by atoms with E-state index in [4.69, 9.17) is 5.73 Å². The second kappa shape index (κ2) is 9.43. The van der Waals surface area contributed by atoms with Gasteiger partial charge in [-0.15, -0.1) is 0 Å². The van der Waals surface area contributed by atoms with Crippen LogP contribution >= 0.6 is 0 Å². The molecule has 4 N–H and O–H groups in total. The predicted molar refractivity (Wildman–Crippen MR) is 126 cm³/mol. The topological polar surface area (TPSA) is 87.5 Å². The Bertz CT molecular complexity index is 961. The molecule has 0 aromatic heterocycles. The van der Waals surface area contributed by atoms with Crippen LogP contribution in [0.25, 0.3) is 0 Å². The van der Waals surface area contributed by atoms with Crippen molar-refractivity contribution in [2.24, 2.45) is 17.1 Å². The Hall–Kier alpha value is -2.70. The van der Waals surface area contributed by atoms with Crippen molar-refractivity contribution in [1.82, 2.24) is 15.5 Å². The van der Waals surface area contributed by atoms with Crippen LogP contribution in [0.5, 0.6) is 0 Å². The van der Waals surface area contributed by atoms with E-state index in [-0.39, 0.29) is 41.8 Å². The second-order valence-electron chi connectivity index (χ2n) is 9.51. The highest BCUT2D eigenvalue weighted by Crippen LogP contribution is 2.53. The summed E-state index contributed by atoms with van der Waals surface area (Å²) in [4.78, 5) is 28.3. The summed E-state index contributed by atoms with van der Waals surface area (Å²) >= 11 is 0. The number of amides is 2. The zero-order chi connectivity index (χ0) is 22.7. The van der Waals surface area contributed by atoms with E-state index in [1.54, 1.807) is 0 Å². The summed E-state index contributed by atoms with van der Waals surface area (Å²) < 4.78 is 0. The third kappa shape index (κ3) is 4.43. The fourth-order valence-electron chi connectivity index (χ4n) is 5.57. The number of fused-ring (bicyclic) bond motifs is 1. The number of carbonyl (C=O) groups is 2. The number of nitrogens with zero attached hydrogens (tertiary/aromatic N) is 1. The van der Waals surface area contributed by atoms with Crippen LogP contribution in [-0.4, -0.2) is 42.4 Å². The minimum absolute atomic E-state index is 0.0642. The first kappa shape index (κ1) is 22.5. The SMILES string of the molecule is CC(C)NC(=O)[C@H]1CN(Cc2ccccc2)C[C@@]12CCc1ccccc1[C@@H]2NC(=O)CN. The molecule has 1 fully saturated rings. The molecule has 3 atom stereocenters. The molecule has 2 aromatic carbocycles. The molecule has 4 rings (SSSR count). The number of hydrogen-bond donors (Lipinski definition) is 3. The number of carbonyl (C=O) groups excluding carboxylic acids is 2. The number of hydrogen-bond acceptors (Lipinski definition) is 4. The predicted octanol–water partition coefficient (Wildman–Crippen LogP) is 2.39. The first-order valence-electron chi connectivity index (χ1n) is 11.6. The van der Waals surface area contributed by atoms with Gasteiger partial charge in [0.2, 0.25) is 11.8 Å². The normalized spacial score (nSPS) is 25.0. The summed E-state index contributed by atoms with van der Waals surface area (Å²) in [6, 6.07) is 18.5. The van der Waals surface area contributed by atoms with Crippen molar-refractivity contribution in [3.8, 4) is 0 Å². The number of benzene rings is 2. The van der Waals surface area contributed by atoms with Crippen LogP contribution in [0.3, 0.4) is 0 Å². The molecule has 2 amide bonds. The van der Waals surface area contributed by atoms with Gasteiger partial charge in [0.25, 0.3) is 0 Å². The smallest absolute Gasteiger partial charge is 0.234 e. The molecule has 0 unspecified atom stereocenters. The lowest BCUT2D eigenvalue weighted by atomic mass is 9.62. The number of rotatable bonds is 6. The van der Waals surface area contributed by atoms with Crippen LogP contribution in [0, 0.1) is 11.3 Å². The Morgan fingerprint density at radius 3 is 2.56 bits per heavy atom. The third-order valence-electron chi connectivity index (χ3n) is 6.94. The molecule has 2 aromatic rings. The maximum atomic E-state index is 13.5. The summed E-state index contributed by atoms with van der Waals surface area (Å²) in [6.45, 7) is 6.13. The Morgan fingerprint density at radius 1 is 1.12 bits per heavy atom. The van der Waals surface area contributed by atoms with Crippen LogP contribution < -0.4 is 16.4 Å². The highest BCUT2D eigenvalue weighted by atomic mass is 16.2. The molecule has 170 valence electrons. The summed E-state index contributed by atoms with van der Waals surface area (Å²) in [6.07, 6.45) is 1.75. The van der Waals surface area contributed by atoms with Crippen molar-refractivity contribution < 1.29 is 9.59 Å².